The van der Waals surface area contributed by atoms with Crippen molar-refractivity contribution in [3.63, 3.8) is 0 Å². The van der Waals surface area contributed by atoms with Gasteiger partial charge in [-0.2, -0.15) is 0 Å². The van der Waals surface area contributed by atoms with E-state index in [1.54, 1.807) is 48.5 Å². The number of carboxylic acid groups (broad SMARTS) is 1. The van der Waals surface area contributed by atoms with Crippen LogP contribution in [0.1, 0.15) is 15.9 Å². The van der Waals surface area contributed by atoms with Crippen molar-refractivity contribution in [3.05, 3.63) is 71.8 Å². The standard InChI is InChI=1S/C17H14N2O3S/c20-15(21)10-9-12-5-4-8-14(11-12)18-17(23)19-16(22)13-6-2-1-3-7-13/h1-11H,(H,20,21)(H2,18,19,22,23)/b10-9+. The Morgan fingerprint density at radius 2 is 1.78 bits per heavy atom. The summed E-state index contributed by atoms with van der Waals surface area (Å²) in [6.07, 6.45) is 2.52. The molecule has 6 heteroatoms. The molecule has 1 amide bonds. The number of benzene rings is 2. The number of carbonyl (C=O) groups excluding carboxylic acids is 1. The Morgan fingerprint density at radius 3 is 2.48 bits per heavy atom. The summed E-state index contributed by atoms with van der Waals surface area (Å²) in [5, 5.41) is 14.3. The lowest BCUT2D eigenvalue weighted by Gasteiger charge is -2.10. The number of amides is 1. The fourth-order valence-corrected chi connectivity index (χ4v) is 2.03. The minimum atomic E-state index is -1.02. The molecule has 0 unspecified atom stereocenters. The summed E-state index contributed by atoms with van der Waals surface area (Å²) in [5.41, 5.74) is 1.86. The van der Waals surface area contributed by atoms with Crippen LogP contribution >= 0.6 is 12.2 Å². The van der Waals surface area contributed by atoms with Crippen LogP contribution in [0.4, 0.5) is 5.69 Å². The molecule has 0 atom stereocenters. The molecule has 0 aliphatic carbocycles. The van der Waals surface area contributed by atoms with Crippen molar-refractivity contribution in [1.29, 1.82) is 0 Å². The number of carbonyl (C=O) groups is 2. The van der Waals surface area contributed by atoms with E-state index in [0.717, 1.165) is 6.08 Å². The molecule has 0 aliphatic heterocycles. The molecule has 2 rings (SSSR count). The Morgan fingerprint density at radius 1 is 1.04 bits per heavy atom. The smallest absolute Gasteiger partial charge is 0.328 e. The molecule has 0 radical (unpaired) electrons. The maximum atomic E-state index is 12.0. The Balaban J connectivity index is 1.99. The van der Waals surface area contributed by atoms with Crippen LogP contribution in [-0.2, 0) is 4.79 Å². The van der Waals surface area contributed by atoms with Gasteiger partial charge < -0.3 is 10.4 Å². The van der Waals surface area contributed by atoms with Gasteiger partial charge in [-0.1, -0.05) is 30.3 Å². The zero-order valence-corrected chi connectivity index (χ0v) is 12.8. The minimum Gasteiger partial charge on any atom is -0.478 e. The van der Waals surface area contributed by atoms with E-state index in [2.05, 4.69) is 10.6 Å². The zero-order chi connectivity index (χ0) is 16.7. The number of thiocarbonyl (C=S) groups is 1. The molecule has 0 aliphatic rings. The highest BCUT2D eigenvalue weighted by molar-refractivity contribution is 7.80. The first kappa shape index (κ1) is 16.4. The van der Waals surface area contributed by atoms with Gasteiger partial charge in [0.1, 0.15) is 0 Å². The van der Waals surface area contributed by atoms with E-state index in [4.69, 9.17) is 17.3 Å². The largest absolute Gasteiger partial charge is 0.478 e. The van der Waals surface area contributed by atoms with Crippen LogP contribution in [0.3, 0.4) is 0 Å². The van der Waals surface area contributed by atoms with E-state index in [-0.39, 0.29) is 11.0 Å². The maximum Gasteiger partial charge on any atom is 0.328 e. The number of nitrogens with one attached hydrogen (secondary N) is 2. The highest BCUT2D eigenvalue weighted by Crippen LogP contribution is 2.12. The average Bonchev–Trinajstić information content (AvgIpc) is 2.54. The van der Waals surface area contributed by atoms with Gasteiger partial charge in [-0.05, 0) is 48.1 Å². The van der Waals surface area contributed by atoms with Crippen molar-refractivity contribution >= 4 is 41.0 Å². The molecular formula is C17H14N2O3S. The predicted octanol–water partition coefficient (Wildman–Crippen LogP) is 2.91. The van der Waals surface area contributed by atoms with Crippen molar-refractivity contribution in [2.45, 2.75) is 0 Å². The van der Waals surface area contributed by atoms with Gasteiger partial charge >= 0.3 is 5.97 Å². The lowest BCUT2D eigenvalue weighted by molar-refractivity contribution is -0.131. The van der Waals surface area contributed by atoms with Crippen molar-refractivity contribution in [3.8, 4) is 0 Å². The molecule has 5 nitrogen and oxygen atoms in total. The first-order valence-corrected chi connectivity index (χ1v) is 7.14. The van der Waals surface area contributed by atoms with E-state index in [1.807, 2.05) is 6.07 Å². The summed E-state index contributed by atoms with van der Waals surface area (Å²) < 4.78 is 0. The van der Waals surface area contributed by atoms with E-state index >= 15 is 0 Å². The number of hydrogen-bond acceptors (Lipinski definition) is 3. The summed E-state index contributed by atoms with van der Waals surface area (Å²) in [5.74, 6) is -1.32. The fourth-order valence-electron chi connectivity index (χ4n) is 1.81. The van der Waals surface area contributed by atoms with Crippen LogP contribution in [-0.4, -0.2) is 22.1 Å². The van der Waals surface area contributed by atoms with E-state index in [0.29, 0.717) is 16.8 Å². The second-order valence-corrected chi connectivity index (χ2v) is 4.98. The van der Waals surface area contributed by atoms with Gasteiger partial charge in [0.2, 0.25) is 0 Å². The molecule has 0 bridgehead atoms. The molecule has 0 saturated carbocycles. The van der Waals surface area contributed by atoms with Gasteiger partial charge in [0.15, 0.2) is 5.11 Å². The Kier molecular flexibility index (Phi) is 5.60. The minimum absolute atomic E-state index is 0.165. The number of hydrogen-bond donors (Lipinski definition) is 3. The van der Waals surface area contributed by atoms with E-state index < -0.39 is 5.97 Å². The van der Waals surface area contributed by atoms with Gasteiger partial charge in [-0.25, -0.2) is 4.79 Å². The molecule has 2 aromatic rings. The third kappa shape index (κ3) is 5.37. The molecule has 23 heavy (non-hydrogen) atoms. The summed E-state index contributed by atoms with van der Waals surface area (Å²) in [6.45, 7) is 0. The third-order valence-corrected chi connectivity index (χ3v) is 3.03. The first-order chi connectivity index (χ1) is 11.0. The quantitative estimate of drug-likeness (QED) is 0.595. The van der Waals surface area contributed by atoms with Gasteiger partial charge in [-0.15, -0.1) is 0 Å². The molecule has 0 aromatic heterocycles. The summed E-state index contributed by atoms with van der Waals surface area (Å²) in [6, 6.07) is 15.7. The number of anilines is 1. The molecule has 0 fully saturated rings. The Labute approximate surface area is 138 Å². The summed E-state index contributed by atoms with van der Waals surface area (Å²) >= 11 is 5.11. The predicted molar refractivity (Wildman–Crippen MR) is 93.2 cm³/mol. The highest BCUT2D eigenvalue weighted by Gasteiger charge is 2.07. The van der Waals surface area contributed by atoms with Crippen LogP contribution in [0.5, 0.6) is 0 Å². The lowest BCUT2D eigenvalue weighted by atomic mass is 10.2. The lowest BCUT2D eigenvalue weighted by Crippen LogP contribution is -2.34. The summed E-state index contributed by atoms with van der Waals surface area (Å²) in [4.78, 5) is 22.5. The normalized spacial score (nSPS) is 10.3. The molecule has 116 valence electrons. The first-order valence-electron chi connectivity index (χ1n) is 6.73. The van der Waals surface area contributed by atoms with Crippen molar-refractivity contribution < 1.29 is 14.7 Å². The van der Waals surface area contributed by atoms with Crippen LogP contribution in [0.25, 0.3) is 6.08 Å². The SMILES string of the molecule is O=C(O)/C=C/c1cccc(NC(=S)NC(=O)c2ccccc2)c1. The highest BCUT2D eigenvalue weighted by atomic mass is 32.1. The Bertz CT molecular complexity index is 757. The van der Waals surface area contributed by atoms with Gasteiger partial charge in [0, 0.05) is 17.3 Å². The topological polar surface area (TPSA) is 78.4 Å². The molecular weight excluding hydrogens is 312 g/mol. The van der Waals surface area contributed by atoms with Crippen LogP contribution in [0, 0.1) is 0 Å². The number of rotatable bonds is 4. The monoisotopic (exact) mass is 326 g/mol. The van der Waals surface area contributed by atoms with E-state index in [9.17, 15) is 9.59 Å². The zero-order valence-electron chi connectivity index (χ0n) is 12.0. The molecule has 0 spiro atoms. The average molecular weight is 326 g/mol. The van der Waals surface area contributed by atoms with Gasteiger partial charge in [0.25, 0.3) is 5.91 Å². The second kappa shape index (κ2) is 7.86. The molecule has 0 saturated heterocycles. The second-order valence-electron chi connectivity index (χ2n) is 4.57. The fraction of sp³-hybridized carbons (Fsp3) is 0. The van der Waals surface area contributed by atoms with Gasteiger partial charge in [0.05, 0.1) is 0 Å². The number of carboxylic acids is 1. The number of aliphatic carboxylic acids is 1. The van der Waals surface area contributed by atoms with Crippen molar-refractivity contribution in [1.82, 2.24) is 5.32 Å². The molecule has 3 N–H and O–H groups in total. The van der Waals surface area contributed by atoms with Gasteiger partial charge in [-0.3, -0.25) is 10.1 Å². The van der Waals surface area contributed by atoms with Crippen LogP contribution in [0.2, 0.25) is 0 Å². The summed E-state index contributed by atoms with van der Waals surface area (Å²) in [7, 11) is 0. The van der Waals surface area contributed by atoms with Crippen molar-refractivity contribution in [2.24, 2.45) is 0 Å². The van der Waals surface area contributed by atoms with E-state index in [1.165, 1.54) is 6.08 Å². The van der Waals surface area contributed by atoms with Crippen LogP contribution in [0.15, 0.2) is 60.7 Å². The molecule has 2 aromatic carbocycles. The maximum absolute atomic E-state index is 12.0. The van der Waals surface area contributed by atoms with Crippen molar-refractivity contribution in [2.75, 3.05) is 5.32 Å². The molecule has 0 heterocycles. The van der Waals surface area contributed by atoms with Crippen LogP contribution < -0.4 is 10.6 Å². The Hall–Kier alpha value is -2.99. The third-order valence-electron chi connectivity index (χ3n) is 2.83.